The molecule has 0 aliphatic carbocycles. The quantitative estimate of drug-likeness (QED) is 0.878. The fourth-order valence-electron chi connectivity index (χ4n) is 3.31. The topological polar surface area (TPSA) is 77.9 Å². The van der Waals surface area contributed by atoms with Crippen molar-refractivity contribution in [1.82, 2.24) is 9.88 Å². The second-order valence-corrected chi connectivity index (χ2v) is 6.58. The number of hydrogen-bond donors (Lipinski definition) is 2. The summed E-state index contributed by atoms with van der Waals surface area (Å²) in [5.74, 6) is 0.975. The van der Waals surface area contributed by atoms with Crippen molar-refractivity contribution in [2.75, 3.05) is 43.0 Å². The molecule has 1 aromatic rings. The first-order valence-electron chi connectivity index (χ1n) is 8.61. The summed E-state index contributed by atoms with van der Waals surface area (Å²) in [7, 11) is 0. The molecule has 0 radical (unpaired) electrons. The molecule has 0 unspecified atom stereocenters. The standard InChI is InChI=1S/C17H26N4O3/c1-12-9-21(10-14(11-22)24-12)17(23)19-15-5-6-16(18-13(15)2)20-7-3-4-8-20/h5-6,12,14,22H,3-4,7-11H2,1-2H3,(H,19,23)/t12-,14-/m0/s1. The van der Waals surface area contributed by atoms with Gasteiger partial charge in [-0.15, -0.1) is 0 Å². The third-order valence-corrected chi connectivity index (χ3v) is 4.56. The summed E-state index contributed by atoms with van der Waals surface area (Å²) in [6, 6.07) is 3.70. The van der Waals surface area contributed by atoms with Crippen LogP contribution in [0.3, 0.4) is 0 Å². The van der Waals surface area contributed by atoms with Crippen molar-refractivity contribution >= 4 is 17.5 Å². The Morgan fingerprint density at radius 1 is 1.38 bits per heavy atom. The first kappa shape index (κ1) is 17.0. The number of urea groups is 1. The number of aliphatic hydroxyl groups excluding tert-OH is 1. The van der Waals surface area contributed by atoms with Gasteiger partial charge in [-0.1, -0.05) is 0 Å². The molecular weight excluding hydrogens is 308 g/mol. The SMILES string of the molecule is Cc1nc(N2CCCC2)ccc1NC(=O)N1C[C@@H](CO)O[C@@H](C)C1. The second kappa shape index (κ2) is 7.36. The molecule has 2 aliphatic heterocycles. The predicted octanol–water partition coefficient (Wildman–Crippen LogP) is 1.60. The predicted molar refractivity (Wildman–Crippen MR) is 92.4 cm³/mol. The minimum atomic E-state index is -0.323. The van der Waals surface area contributed by atoms with Crippen molar-refractivity contribution in [3.8, 4) is 0 Å². The van der Waals surface area contributed by atoms with Gasteiger partial charge in [-0.05, 0) is 38.8 Å². The number of aryl methyl sites for hydroxylation is 1. The number of nitrogens with one attached hydrogen (secondary N) is 1. The summed E-state index contributed by atoms with van der Waals surface area (Å²) in [5.41, 5.74) is 1.54. The van der Waals surface area contributed by atoms with E-state index in [2.05, 4.69) is 15.2 Å². The van der Waals surface area contributed by atoms with Gasteiger partial charge in [0.15, 0.2) is 0 Å². The van der Waals surface area contributed by atoms with Gasteiger partial charge in [0, 0.05) is 19.6 Å². The molecule has 2 atom stereocenters. The number of carbonyl (C=O) groups is 1. The summed E-state index contributed by atoms with van der Waals surface area (Å²) in [4.78, 5) is 21.1. The van der Waals surface area contributed by atoms with Gasteiger partial charge in [0.1, 0.15) is 5.82 Å². The van der Waals surface area contributed by atoms with Crippen LogP contribution >= 0.6 is 0 Å². The van der Waals surface area contributed by atoms with Crippen LogP contribution in [0.4, 0.5) is 16.3 Å². The van der Waals surface area contributed by atoms with Crippen molar-refractivity contribution in [2.45, 2.75) is 38.9 Å². The lowest BCUT2D eigenvalue weighted by Gasteiger charge is -2.36. The van der Waals surface area contributed by atoms with Crippen LogP contribution in [0, 0.1) is 6.92 Å². The van der Waals surface area contributed by atoms with E-state index in [1.54, 1.807) is 4.90 Å². The first-order chi connectivity index (χ1) is 11.6. The summed E-state index contributed by atoms with van der Waals surface area (Å²) in [6.45, 7) is 6.73. The summed E-state index contributed by atoms with van der Waals surface area (Å²) >= 11 is 0. The van der Waals surface area contributed by atoms with E-state index in [1.807, 2.05) is 26.0 Å². The van der Waals surface area contributed by atoms with Gasteiger partial charge in [-0.25, -0.2) is 9.78 Å². The van der Waals surface area contributed by atoms with Crippen LogP contribution in [0.1, 0.15) is 25.5 Å². The lowest BCUT2D eigenvalue weighted by Crippen LogP contribution is -2.51. The molecule has 2 fully saturated rings. The van der Waals surface area contributed by atoms with E-state index in [9.17, 15) is 9.90 Å². The highest BCUT2D eigenvalue weighted by atomic mass is 16.5. The largest absolute Gasteiger partial charge is 0.394 e. The molecule has 1 aromatic heterocycles. The highest BCUT2D eigenvalue weighted by molar-refractivity contribution is 5.90. The zero-order valence-corrected chi connectivity index (χ0v) is 14.4. The number of aromatic nitrogens is 1. The second-order valence-electron chi connectivity index (χ2n) is 6.58. The Morgan fingerprint density at radius 3 is 2.79 bits per heavy atom. The molecule has 2 amide bonds. The van der Waals surface area contributed by atoms with Gasteiger partial charge >= 0.3 is 6.03 Å². The van der Waals surface area contributed by atoms with E-state index in [-0.39, 0.29) is 24.8 Å². The van der Waals surface area contributed by atoms with Crippen molar-refractivity contribution in [3.63, 3.8) is 0 Å². The van der Waals surface area contributed by atoms with E-state index in [0.717, 1.165) is 30.3 Å². The van der Waals surface area contributed by atoms with E-state index in [0.29, 0.717) is 13.1 Å². The van der Waals surface area contributed by atoms with Gasteiger partial charge in [0.25, 0.3) is 0 Å². The number of rotatable bonds is 3. The molecule has 7 heteroatoms. The average Bonchev–Trinajstić information content (AvgIpc) is 3.10. The minimum Gasteiger partial charge on any atom is -0.394 e. The summed E-state index contributed by atoms with van der Waals surface area (Å²) < 4.78 is 5.57. The fourth-order valence-corrected chi connectivity index (χ4v) is 3.31. The molecule has 2 aliphatic rings. The molecule has 0 saturated carbocycles. The molecular formula is C17H26N4O3. The van der Waals surface area contributed by atoms with Crippen LogP contribution < -0.4 is 10.2 Å². The van der Waals surface area contributed by atoms with E-state index in [4.69, 9.17) is 4.74 Å². The van der Waals surface area contributed by atoms with Crippen molar-refractivity contribution < 1.29 is 14.6 Å². The molecule has 3 heterocycles. The normalized spacial score (nSPS) is 24.3. The Bertz CT molecular complexity index is 589. The maximum Gasteiger partial charge on any atom is 0.322 e. The van der Waals surface area contributed by atoms with Crippen molar-refractivity contribution in [3.05, 3.63) is 17.8 Å². The molecule has 132 valence electrons. The van der Waals surface area contributed by atoms with Gasteiger partial charge in [0.2, 0.25) is 0 Å². The van der Waals surface area contributed by atoms with Crippen LogP contribution in [-0.2, 0) is 4.74 Å². The Hall–Kier alpha value is -1.86. The number of hydrogen-bond acceptors (Lipinski definition) is 5. The Balaban J connectivity index is 1.65. The minimum absolute atomic E-state index is 0.0841. The van der Waals surface area contributed by atoms with Crippen LogP contribution in [0.5, 0.6) is 0 Å². The van der Waals surface area contributed by atoms with Crippen LogP contribution in [0.2, 0.25) is 0 Å². The number of ether oxygens (including phenoxy) is 1. The lowest BCUT2D eigenvalue weighted by molar-refractivity contribution is -0.0822. The molecule has 0 aromatic carbocycles. The van der Waals surface area contributed by atoms with Gasteiger partial charge in [-0.3, -0.25) is 0 Å². The van der Waals surface area contributed by atoms with E-state index in [1.165, 1.54) is 12.8 Å². The number of nitrogens with zero attached hydrogens (tertiary/aromatic N) is 3. The van der Waals surface area contributed by atoms with Gasteiger partial charge in [-0.2, -0.15) is 0 Å². The van der Waals surface area contributed by atoms with E-state index < -0.39 is 0 Å². The molecule has 3 rings (SSSR count). The Labute approximate surface area is 142 Å². The number of morpholine rings is 1. The third kappa shape index (κ3) is 3.79. The number of carbonyl (C=O) groups excluding carboxylic acids is 1. The fraction of sp³-hybridized carbons (Fsp3) is 0.647. The zero-order chi connectivity index (χ0) is 17.1. The van der Waals surface area contributed by atoms with Crippen LogP contribution in [0.25, 0.3) is 0 Å². The Morgan fingerprint density at radius 2 is 2.12 bits per heavy atom. The van der Waals surface area contributed by atoms with Gasteiger partial charge < -0.3 is 25.0 Å². The van der Waals surface area contributed by atoms with Crippen LogP contribution in [-0.4, -0.2) is 66.0 Å². The molecule has 7 nitrogen and oxygen atoms in total. The van der Waals surface area contributed by atoms with Crippen molar-refractivity contribution in [1.29, 1.82) is 0 Å². The highest BCUT2D eigenvalue weighted by Gasteiger charge is 2.28. The smallest absolute Gasteiger partial charge is 0.322 e. The molecule has 2 saturated heterocycles. The summed E-state index contributed by atoms with van der Waals surface area (Å²) in [6.07, 6.45) is 2.01. The maximum atomic E-state index is 12.5. The molecule has 24 heavy (non-hydrogen) atoms. The number of pyridine rings is 1. The number of aliphatic hydroxyl groups is 1. The molecule has 0 bridgehead atoms. The highest BCUT2D eigenvalue weighted by Crippen LogP contribution is 2.22. The molecule has 0 spiro atoms. The van der Waals surface area contributed by atoms with Crippen molar-refractivity contribution in [2.24, 2.45) is 0 Å². The number of anilines is 2. The number of amides is 2. The monoisotopic (exact) mass is 334 g/mol. The maximum absolute atomic E-state index is 12.5. The van der Waals surface area contributed by atoms with Gasteiger partial charge in [0.05, 0.1) is 36.7 Å². The zero-order valence-electron chi connectivity index (χ0n) is 14.4. The van der Waals surface area contributed by atoms with Crippen LogP contribution in [0.15, 0.2) is 12.1 Å². The lowest BCUT2D eigenvalue weighted by atomic mass is 10.2. The van der Waals surface area contributed by atoms with E-state index >= 15 is 0 Å². The third-order valence-electron chi connectivity index (χ3n) is 4.56. The average molecular weight is 334 g/mol. The first-order valence-corrected chi connectivity index (χ1v) is 8.61. The Kier molecular flexibility index (Phi) is 5.20. The molecule has 2 N–H and O–H groups in total. The summed E-state index contributed by atoms with van der Waals surface area (Å²) in [5, 5.41) is 12.2.